The maximum atomic E-state index is 12.1. The molecule has 2 amide bonds. The Morgan fingerprint density at radius 2 is 1.96 bits per heavy atom. The van der Waals surface area contributed by atoms with Gasteiger partial charge in [0.25, 0.3) is 0 Å². The van der Waals surface area contributed by atoms with Gasteiger partial charge in [-0.25, -0.2) is 4.79 Å². The lowest BCUT2D eigenvalue weighted by atomic mass is 10.0. The number of carbonyl (C=O) groups is 1. The normalized spacial score (nSPS) is 12.1. The molecule has 0 spiro atoms. The number of aromatic nitrogens is 2. The van der Waals surface area contributed by atoms with Crippen molar-refractivity contribution in [3.05, 3.63) is 66.0 Å². The number of urea groups is 1. The summed E-state index contributed by atoms with van der Waals surface area (Å²) in [4.78, 5) is 12.1. The van der Waals surface area contributed by atoms with Crippen molar-refractivity contribution in [2.75, 3.05) is 6.54 Å². The van der Waals surface area contributed by atoms with E-state index in [2.05, 4.69) is 46.1 Å². The third-order valence-electron chi connectivity index (χ3n) is 4.21. The van der Waals surface area contributed by atoms with Gasteiger partial charge in [-0.2, -0.15) is 5.10 Å². The molecule has 5 heteroatoms. The average Bonchev–Trinajstić information content (AvgIpc) is 2.99. The minimum Gasteiger partial charge on any atom is -0.338 e. The van der Waals surface area contributed by atoms with Crippen molar-refractivity contribution in [3.63, 3.8) is 0 Å². The van der Waals surface area contributed by atoms with Gasteiger partial charge in [0, 0.05) is 31.9 Å². The second kappa shape index (κ2) is 7.17. The number of fused-ring (bicyclic) bond motifs is 1. The van der Waals surface area contributed by atoms with Crippen LogP contribution in [0.2, 0.25) is 0 Å². The second-order valence-electron chi connectivity index (χ2n) is 5.92. The van der Waals surface area contributed by atoms with Gasteiger partial charge in [0.05, 0.1) is 6.04 Å². The fraction of sp³-hybridized carbons (Fsp3) is 0.263. The summed E-state index contributed by atoms with van der Waals surface area (Å²) in [5.41, 5.74) is 2.19. The highest BCUT2D eigenvalue weighted by Crippen LogP contribution is 2.20. The fourth-order valence-electron chi connectivity index (χ4n) is 2.76. The molecular formula is C19H22N4O. The van der Waals surface area contributed by atoms with Gasteiger partial charge in [0.1, 0.15) is 0 Å². The van der Waals surface area contributed by atoms with Crippen LogP contribution in [0.3, 0.4) is 0 Å². The van der Waals surface area contributed by atoms with Gasteiger partial charge < -0.3 is 10.6 Å². The van der Waals surface area contributed by atoms with E-state index in [1.165, 1.54) is 10.8 Å². The Kier molecular flexibility index (Phi) is 4.79. The minimum absolute atomic E-state index is 0.0497. The first kappa shape index (κ1) is 16.1. The van der Waals surface area contributed by atoms with E-state index < -0.39 is 0 Å². The Bertz CT molecular complexity index is 840. The lowest BCUT2D eigenvalue weighted by Crippen LogP contribution is -2.38. The Morgan fingerprint density at radius 3 is 2.71 bits per heavy atom. The van der Waals surface area contributed by atoms with Crippen molar-refractivity contribution in [2.24, 2.45) is 7.05 Å². The molecule has 1 atom stereocenters. The first-order chi connectivity index (χ1) is 11.6. The van der Waals surface area contributed by atoms with Gasteiger partial charge in [0.15, 0.2) is 0 Å². The van der Waals surface area contributed by atoms with E-state index in [0.29, 0.717) is 6.54 Å². The molecule has 5 nitrogen and oxygen atoms in total. The standard InChI is InChI=1S/C19H22N4O/c1-14(16-8-7-15-5-3-4-6-17(15)13-16)22-19(24)20-11-9-18-10-12-21-23(18)2/h3-8,10,12-14H,9,11H2,1-2H3,(H2,20,22,24)/t14-/m0/s1. The van der Waals surface area contributed by atoms with Crippen LogP contribution >= 0.6 is 0 Å². The van der Waals surface area contributed by atoms with Crippen molar-refractivity contribution in [2.45, 2.75) is 19.4 Å². The van der Waals surface area contributed by atoms with Gasteiger partial charge in [0.2, 0.25) is 0 Å². The van der Waals surface area contributed by atoms with Crippen LogP contribution in [0.1, 0.15) is 24.2 Å². The van der Waals surface area contributed by atoms with Crippen molar-refractivity contribution < 1.29 is 4.79 Å². The summed E-state index contributed by atoms with van der Waals surface area (Å²) < 4.78 is 1.82. The zero-order valence-corrected chi connectivity index (χ0v) is 14.0. The van der Waals surface area contributed by atoms with Crippen LogP contribution in [0.25, 0.3) is 10.8 Å². The molecule has 24 heavy (non-hydrogen) atoms. The number of amides is 2. The number of aryl methyl sites for hydroxylation is 1. The van der Waals surface area contributed by atoms with E-state index in [4.69, 9.17) is 0 Å². The van der Waals surface area contributed by atoms with Crippen LogP contribution < -0.4 is 10.6 Å². The van der Waals surface area contributed by atoms with Crippen LogP contribution in [0.15, 0.2) is 54.7 Å². The summed E-state index contributed by atoms with van der Waals surface area (Å²) in [5.74, 6) is 0. The number of nitrogens with one attached hydrogen (secondary N) is 2. The summed E-state index contributed by atoms with van der Waals surface area (Å²) >= 11 is 0. The summed E-state index contributed by atoms with van der Waals surface area (Å²) in [6, 6.07) is 16.2. The molecule has 0 saturated carbocycles. The predicted octanol–water partition coefficient (Wildman–Crippen LogP) is 3.18. The number of hydrogen-bond acceptors (Lipinski definition) is 2. The van der Waals surface area contributed by atoms with Crippen molar-refractivity contribution in [1.29, 1.82) is 0 Å². The van der Waals surface area contributed by atoms with Gasteiger partial charge in [-0.05, 0) is 35.4 Å². The summed E-state index contributed by atoms with van der Waals surface area (Å²) in [6.07, 6.45) is 2.52. The molecule has 124 valence electrons. The highest BCUT2D eigenvalue weighted by atomic mass is 16.2. The lowest BCUT2D eigenvalue weighted by molar-refractivity contribution is 0.238. The molecule has 0 unspecified atom stereocenters. The maximum absolute atomic E-state index is 12.1. The molecule has 3 rings (SSSR count). The van der Waals surface area contributed by atoms with Gasteiger partial charge >= 0.3 is 6.03 Å². The maximum Gasteiger partial charge on any atom is 0.315 e. The molecule has 2 N–H and O–H groups in total. The number of benzene rings is 2. The van der Waals surface area contributed by atoms with Gasteiger partial charge in [-0.1, -0.05) is 36.4 Å². The lowest BCUT2D eigenvalue weighted by Gasteiger charge is -2.16. The third-order valence-corrected chi connectivity index (χ3v) is 4.21. The van der Waals surface area contributed by atoms with E-state index in [9.17, 15) is 4.79 Å². The molecule has 0 aliphatic carbocycles. The first-order valence-electron chi connectivity index (χ1n) is 8.13. The highest BCUT2D eigenvalue weighted by molar-refractivity contribution is 5.83. The molecule has 1 heterocycles. The number of carbonyl (C=O) groups excluding carboxylic acids is 1. The molecular weight excluding hydrogens is 300 g/mol. The second-order valence-corrected chi connectivity index (χ2v) is 5.92. The first-order valence-corrected chi connectivity index (χ1v) is 8.13. The molecule has 0 saturated heterocycles. The zero-order valence-electron chi connectivity index (χ0n) is 14.0. The molecule has 0 aliphatic heterocycles. The van der Waals surface area contributed by atoms with Crippen LogP contribution in [0, 0.1) is 0 Å². The van der Waals surface area contributed by atoms with Crippen LogP contribution in [0.5, 0.6) is 0 Å². The molecule has 0 bridgehead atoms. The van der Waals surface area contributed by atoms with E-state index in [0.717, 1.165) is 17.7 Å². The largest absolute Gasteiger partial charge is 0.338 e. The van der Waals surface area contributed by atoms with E-state index >= 15 is 0 Å². The number of hydrogen-bond donors (Lipinski definition) is 2. The molecule has 1 aromatic heterocycles. The molecule has 0 fully saturated rings. The molecule has 0 aliphatic rings. The SMILES string of the molecule is C[C@H](NC(=O)NCCc1ccnn1C)c1ccc2ccccc2c1. The van der Waals surface area contributed by atoms with Crippen LogP contribution in [-0.4, -0.2) is 22.4 Å². The Morgan fingerprint density at radius 1 is 1.17 bits per heavy atom. The number of rotatable bonds is 5. The predicted molar refractivity (Wildman–Crippen MR) is 95.8 cm³/mol. The Balaban J connectivity index is 1.54. The van der Waals surface area contributed by atoms with Crippen LogP contribution in [0.4, 0.5) is 4.79 Å². The van der Waals surface area contributed by atoms with E-state index in [1.807, 2.05) is 36.9 Å². The summed E-state index contributed by atoms with van der Waals surface area (Å²) in [7, 11) is 1.90. The Hall–Kier alpha value is -2.82. The minimum atomic E-state index is -0.155. The topological polar surface area (TPSA) is 59.0 Å². The smallest absolute Gasteiger partial charge is 0.315 e. The fourth-order valence-corrected chi connectivity index (χ4v) is 2.76. The Labute approximate surface area is 141 Å². The van der Waals surface area contributed by atoms with Gasteiger partial charge in [-0.3, -0.25) is 4.68 Å². The van der Waals surface area contributed by atoms with E-state index in [-0.39, 0.29) is 12.1 Å². The van der Waals surface area contributed by atoms with Gasteiger partial charge in [-0.15, -0.1) is 0 Å². The average molecular weight is 322 g/mol. The molecule has 2 aromatic carbocycles. The monoisotopic (exact) mass is 322 g/mol. The zero-order chi connectivity index (χ0) is 16.9. The highest BCUT2D eigenvalue weighted by Gasteiger charge is 2.10. The van der Waals surface area contributed by atoms with Crippen molar-refractivity contribution in [3.8, 4) is 0 Å². The summed E-state index contributed by atoms with van der Waals surface area (Å²) in [6.45, 7) is 2.57. The van der Waals surface area contributed by atoms with Crippen LogP contribution in [-0.2, 0) is 13.5 Å². The summed E-state index contributed by atoms with van der Waals surface area (Å²) in [5, 5.41) is 12.4. The molecule has 0 radical (unpaired) electrons. The third kappa shape index (κ3) is 3.74. The molecule has 3 aromatic rings. The van der Waals surface area contributed by atoms with Crippen molar-refractivity contribution >= 4 is 16.8 Å². The number of nitrogens with zero attached hydrogens (tertiary/aromatic N) is 2. The van der Waals surface area contributed by atoms with Crippen molar-refractivity contribution in [1.82, 2.24) is 20.4 Å². The van der Waals surface area contributed by atoms with E-state index in [1.54, 1.807) is 6.20 Å². The quantitative estimate of drug-likeness (QED) is 0.758.